The van der Waals surface area contributed by atoms with Crippen LogP contribution in [0, 0.1) is 0 Å². The van der Waals surface area contributed by atoms with E-state index in [1.807, 2.05) is 19.9 Å². The summed E-state index contributed by atoms with van der Waals surface area (Å²) in [6, 6.07) is 0. The predicted molar refractivity (Wildman–Crippen MR) is 70.1 cm³/mol. The van der Waals surface area contributed by atoms with E-state index in [-0.39, 0.29) is 18.2 Å². The van der Waals surface area contributed by atoms with Gasteiger partial charge in [0.2, 0.25) is 0 Å². The number of carbonyl (C=O) groups excluding carboxylic acids is 1. The molecule has 1 fully saturated rings. The maximum atomic E-state index is 11.3. The molecule has 2 rings (SSSR count). The Hall–Kier alpha value is -0.650. The molecular weight excluding hydrogens is 300 g/mol. The Morgan fingerprint density at radius 2 is 2.28 bits per heavy atom. The average Bonchev–Trinajstić information content (AvgIpc) is 2.51. The summed E-state index contributed by atoms with van der Waals surface area (Å²) in [6.45, 7) is 8.89. The Kier molecular flexibility index (Phi) is 3.42. The average molecular weight is 317 g/mol. The van der Waals surface area contributed by atoms with Crippen molar-refractivity contribution in [3.05, 3.63) is 23.2 Å². The highest BCUT2D eigenvalue weighted by molar-refractivity contribution is 9.11. The first kappa shape index (κ1) is 13.8. The second-order valence-corrected chi connectivity index (χ2v) is 5.90. The maximum Gasteiger partial charge on any atom is 0.303 e. The van der Waals surface area contributed by atoms with Crippen LogP contribution < -0.4 is 0 Å². The first-order valence-corrected chi connectivity index (χ1v) is 6.64. The normalized spacial score (nSPS) is 37.7. The van der Waals surface area contributed by atoms with Crippen LogP contribution in [0.15, 0.2) is 23.2 Å². The van der Waals surface area contributed by atoms with Crippen LogP contribution in [0.5, 0.6) is 0 Å². The summed E-state index contributed by atoms with van der Waals surface area (Å²) in [6.07, 6.45) is 3.74. The number of hydrogen-bond acceptors (Lipinski definition) is 4. The van der Waals surface area contributed by atoms with Gasteiger partial charge in [0.25, 0.3) is 0 Å². The lowest BCUT2D eigenvalue weighted by molar-refractivity contribution is -0.156. The van der Waals surface area contributed by atoms with E-state index in [0.29, 0.717) is 6.42 Å². The molecule has 0 amide bonds. The molecule has 18 heavy (non-hydrogen) atoms. The van der Waals surface area contributed by atoms with E-state index in [1.54, 1.807) is 6.08 Å². The van der Waals surface area contributed by atoms with Gasteiger partial charge in [0, 0.05) is 17.8 Å². The number of halogens is 1. The van der Waals surface area contributed by atoms with Gasteiger partial charge in [0.15, 0.2) is 11.4 Å². The number of rotatable bonds is 2. The van der Waals surface area contributed by atoms with Crippen LogP contribution in [0.1, 0.15) is 27.2 Å². The maximum absolute atomic E-state index is 11.3. The standard InChI is InChI=1S/C13H17BrO4/c1-5-13(16-8(2)15)7-10-9(6-11(13)14)17-12(3,4)18-10/h5-6,9-10H,1,7H2,2-4H3/t9-,10+,13?/m0/s1. The number of hydrogen-bond donors (Lipinski definition) is 0. The third-order valence-electron chi connectivity index (χ3n) is 3.10. The molecule has 1 unspecified atom stereocenters. The predicted octanol–water partition coefficient (Wildman–Crippen LogP) is 2.68. The zero-order valence-electron chi connectivity index (χ0n) is 10.7. The molecule has 0 N–H and O–H groups in total. The highest BCUT2D eigenvalue weighted by atomic mass is 79.9. The fraction of sp³-hybridized carbons (Fsp3) is 0.615. The van der Waals surface area contributed by atoms with Crippen molar-refractivity contribution in [1.82, 2.24) is 0 Å². The van der Waals surface area contributed by atoms with Gasteiger partial charge in [-0.15, -0.1) is 0 Å². The zero-order valence-corrected chi connectivity index (χ0v) is 12.3. The first-order valence-electron chi connectivity index (χ1n) is 5.85. The van der Waals surface area contributed by atoms with Crippen molar-refractivity contribution in [2.75, 3.05) is 0 Å². The third kappa shape index (κ3) is 2.39. The molecule has 1 aliphatic heterocycles. The zero-order chi connectivity index (χ0) is 13.6. The molecule has 1 heterocycles. The molecule has 3 atom stereocenters. The van der Waals surface area contributed by atoms with E-state index in [2.05, 4.69) is 22.5 Å². The summed E-state index contributed by atoms with van der Waals surface area (Å²) < 4.78 is 17.7. The molecule has 0 bridgehead atoms. The van der Waals surface area contributed by atoms with Crippen molar-refractivity contribution in [1.29, 1.82) is 0 Å². The molecule has 0 spiro atoms. The highest BCUT2D eigenvalue weighted by Crippen LogP contribution is 2.44. The van der Waals surface area contributed by atoms with Crippen molar-refractivity contribution in [3.8, 4) is 0 Å². The molecular formula is C13H17BrO4. The molecule has 4 nitrogen and oxygen atoms in total. The minimum Gasteiger partial charge on any atom is -0.449 e. The van der Waals surface area contributed by atoms with Crippen LogP contribution in [-0.2, 0) is 19.0 Å². The fourth-order valence-electron chi connectivity index (χ4n) is 2.41. The lowest BCUT2D eigenvalue weighted by Crippen LogP contribution is -2.43. The summed E-state index contributed by atoms with van der Waals surface area (Å²) in [4.78, 5) is 11.3. The van der Waals surface area contributed by atoms with Gasteiger partial charge < -0.3 is 14.2 Å². The smallest absolute Gasteiger partial charge is 0.303 e. The molecule has 0 aromatic heterocycles. The molecule has 5 heteroatoms. The lowest BCUT2D eigenvalue weighted by atomic mass is 9.87. The Morgan fingerprint density at radius 1 is 1.61 bits per heavy atom. The van der Waals surface area contributed by atoms with Crippen LogP contribution in [0.4, 0.5) is 0 Å². The summed E-state index contributed by atoms with van der Waals surface area (Å²) in [5, 5.41) is 0. The molecule has 0 saturated carbocycles. The monoisotopic (exact) mass is 316 g/mol. The minimum absolute atomic E-state index is 0.127. The van der Waals surface area contributed by atoms with Crippen molar-refractivity contribution >= 4 is 21.9 Å². The van der Waals surface area contributed by atoms with Crippen molar-refractivity contribution < 1.29 is 19.0 Å². The summed E-state index contributed by atoms with van der Waals surface area (Å²) in [5.41, 5.74) is -0.850. The third-order valence-corrected chi connectivity index (χ3v) is 4.03. The Bertz CT molecular complexity index is 415. The van der Waals surface area contributed by atoms with E-state index in [1.165, 1.54) is 6.92 Å². The fourth-order valence-corrected chi connectivity index (χ4v) is 3.08. The lowest BCUT2D eigenvalue weighted by Gasteiger charge is -2.36. The van der Waals surface area contributed by atoms with Crippen LogP contribution in [0.3, 0.4) is 0 Å². The second kappa shape index (κ2) is 4.47. The summed E-state index contributed by atoms with van der Waals surface area (Å²) in [5.74, 6) is -0.969. The van der Waals surface area contributed by atoms with Crippen LogP contribution in [-0.4, -0.2) is 29.6 Å². The van der Waals surface area contributed by atoms with Crippen molar-refractivity contribution in [2.24, 2.45) is 0 Å². The van der Waals surface area contributed by atoms with E-state index in [4.69, 9.17) is 14.2 Å². The largest absolute Gasteiger partial charge is 0.449 e. The van der Waals surface area contributed by atoms with Crippen LogP contribution in [0.2, 0.25) is 0 Å². The van der Waals surface area contributed by atoms with Gasteiger partial charge in [-0.3, -0.25) is 4.79 Å². The molecule has 0 aromatic carbocycles. The number of fused-ring (bicyclic) bond motifs is 1. The topological polar surface area (TPSA) is 44.8 Å². The summed E-state index contributed by atoms with van der Waals surface area (Å²) in [7, 11) is 0. The molecule has 0 radical (unpaired) electrons. The number of carbonyl (C=O) groups is 1. The van der Waals surface area contributed by atoms with Gasteiger partial charge in [-0.2, -0.15) is 0 Å². The second-order valence-electron chi connectivity index (χ2n) is 5.04. The van der Waals surface area contributed by atoms with E-state index in [9.17, 15) is 4.79 Å². The number of esters is 1. The number of ether oxygens (including phenoxy) is 3. The van der Waals surface area contributed by atoms with E-state index in [0.717, 1.165) is 4.48 Å². The highest BCUT2D eigenvalue weighted by Gasteiger charge is 2.50. The molecule has 2 aliphatic rings. The van der Waals surface area contributed by atoms with Gasteiger partial charge >= 0.3 is 5.97 Å². The molecule has 1 aliphatic carbocycles. The SMILES string of the molecule is C=CC1(OC(C)=O)C[C@H]2OC(C)(C)O[C@H]2C=C1Br. The van der Waals surface area contributed by atoms with Gasteiger partial charge in [-0.1, -0.05) is 22.5 Å². The minimum atomic E-state index is -0.850. The van der Waals surface area contributed by atoms with Crippen molar-refractivity contribution in [2.45, 2.75) is 50.8 Å². The van der Waals surface area contributed by atoms with Crippen LogP contribution >= 0.6 is 15.9 Å². The van der Waals surface area contributed by atoms with Gasteiger partial charge in [-0.25, -0.2) is 0 Å². The Morgan fingerprint density at radius 3 is 2.83 bits per heavy atom. The van der Waals surface area contributed by atoms with Gasteiger partial charge in [-0.05, 0) is 26.0 Å². The Balaban J connectivity index is 2.29. The van der Waals surface area contributed by atoms with E-state index < -0.39 is 11.4 Å². The van der Waals surface area contributed by atoms with Crippen LogP contribution in [0.25, 0.3) is 0 Å². The first-order chi connectivity index (χ1) is 8.28. The molecule has 0 aromatic rings. The molecule has 1 saturated heterocycles. The van der Waals surface area contributed by atoms with Gasteiger partial charge in [0.1, 0.15) is 6.10 Å². The quantitative estimate of drug-likeness (QED) is 0.580. The Labute approximate surface area is 115 Å². The van der Waals surface area contributed by atoms with Gasteiger partial charge in [0.05, 0.1) is 6.10 Å². The summed E-state index contributed by atoms with van der Waals surface area (Å²) >= 11 is 3.45. The van der Waals surface area contributed by atoms with E-state index >= 15 is 0 Å². The molecule has 100 valence electrons. The van der Waals surface area contributed by atoms with Crippen molar-refractivity contribution in [3.63, 3.8) is 0 Å².